The van der Waals surface area contributed by atoms with E-state index in [1.165, 1.54) is 12.8 Å². The monoisotopic (exact) mass is 286 g/mol. The fraction of sp³-hybridized carbons (Fsp3) is 0.611. The molecule has 4 rings (SSSR count). The summed E-state index contributed by atoms with van der Waals surface area (Å²) in [4.78, 5) is 15.3. The summed E-state index contributed by atoms with van der Waals surface area (Å²) in [5.41, 5.74) is 3.08. The fourth-order valence-corrected chi connectivity index (χ4v) is 3.99. The van der Waals surface area contributed by atoms with E-state index in [0.29, 0.717) is 0 Å². The quantitative estimate of drug-likeness (QED) is 0.898. The van der Waals surface area contributed by atoms with E-state index in [1.54, 1.807) is 0 Å². The Morgan fingerprint density at radius 1 is 1.33 bits per heavy atom. The summed E-state index contributed by atoms with van der Waals surface area (Å²) < 4.78 is 0. The number of benzene rings is 1. The number of amides is 1. The summed E-state index contributed by atoms with van der Waals surface area (Å²) in [6.07, 6.45) is 4.47. The maximum Gasteiger partial charge on any atom is 0.244 e. The number of para-hydroxylation sites is 1. The van der Waals surface area contributed by atoms with Gasteiger partial charge >= 0.3 is 0 Å². The van der Waals surface area contributed by atoms with E-state index in [9.17, 15) is 4.79 Å². The van der Waals surface area contributed by atoms with Crippen LogP contribution in [0.15, 0.2) is 18.2 Å². The smallest absolute Gasteiger partial charge is 0.244 e. The normalized spacial score (nSPS) is 27.5. The van der Waals surface area contributed by atoms with Gasteiger partial charge in [0, 0.05) is 12.2 Å². The van der Waals surface area contributed by atoms with Crippen molar-refractivity contribution >= 4 is 11.6 Å². The molecule has 114 valence electrons. The molecule has 0 unspecified atom stereocenters. The third-order valence-electron chi connectivity index (χ3n) is 5.26. The van der Waals surface area contributed by atoms with Crippen LogP contribution in [0.25, 0.3) is 0 Å². The molecule has 0 radical (unpaired) electrons. The van der Waals surface area contributed by atoms with E-state index in [-0.39, 0.29) is 11.4 Å². The Morgan fingerprint density at radius 3 is 2.62 bits per heavy atom. The van der Waals surface area contributed by atoms with Gasteiger partial charge in [0.05, 0.1) is 0 Å². The highest BCUT2D eigenvalue weighted by Crippen LogP contribution is 2.51. The van der Waals surface area contributed by atoms with Gasteiger partial charge < -0.3 is 5.32 Å². The average molecular weight is 286 g/mol. The van der Waals surface area contributed by atoms with E-state index in [0.717, 1.165) is 48.7 Å². The third-order valence-corrected chi connectivity index (χ3v) is 5.26. The van der Waals surface area contributed by atoms with E-state index in [2.05, 4.69) is 43.1 Å². The Bertz CT molecular complexity index is 526. The van der Waals surface area contributed by atoms with Crippen LogP contribution in [0.5, 0.6) is 0 Å². The molecule has 1 saturated carbocycles. The van der Waals surface area contributed by atoms with Crippen molar-refractivity contribution in [2.75, 3.05) is 18.4 Å². The lowest BCUT2D eigenvalue weighted by atomic mass is 9.72. The zero-order valence-corrected chi connectivity index (χ0v) is 13.4. The van der Waals surface area contributed by atoms with Crippen LogP contribution in [0.1, 0.15) is 43.7 Å². The second-order valence-electron chi connectivity index (χ2n) is 6.83. The second kappa shape index (κ2) is 5.45. The summed E-state index contributed by atoms with van der Waals surface area (Å²) >= 11 is 0. The number of unbranched alkanes of at least 4 members (excludes halogenated alkanes) is 1. The van der Waals surface area contributed by atoms with E-state index >= 15 is 0 Å². The third kappa shape index (κ3) is 2.38. The zero-order chi connectivity index (χ0) is 15.0. The molecule has 3 heteroatoms. The summed E-state index contributed by atoms with van der Waals surface area (Å²) in [6, 6.07) is 6.17. The van der Waals surface area contributed by atoms with Gasteiger partial charge in [0.1, 0.15) is 5.54 Å². The Morgan fingerprint density at radius 2 is 2.00 bits per heavy atom. The van der Waals surface area contributed by atoms with Crippen LogP contribution in [0, 0.1) is 19.8 Å². The largest absolute Gasteiger partial charge is 0.324 e. The van der Waals surface area contributed by atoms with Gasteiger partial charge in [0.25, 0.3) is 0 Å². The maximum atomic E-state index is 12.9. The van der Waals surface area contributed by atoms with Gasteiger partial charge in [-0.3, -0.25) is 9.69 Å². The van der Waals surface area contributed by atoms with Crippen molar-refractivity contribution in [1.29, 1.82) is 0 Å². The minimum atomic E-state index is -0.214. The first kappa shape index (κ1) is 14.6. The number of hydrogen-bond donors (Lipinski definition) is 1. The molecule has 1 amide bonds. The van der Waals surface area contributed by atoms with Crippen LogP contribution in [-0.2, 0) is 4.79 Å². The first-order valence-electron chi connectivity index (χ1n) is 8.19. The number of carbonyl (C=O) groups excluding carboxylic acids is 1. The Kier molecular flexibility index (Phi) is 3.78. The Balaban J connectivity index is 1.76. The van der Waals surface area contributed by atoms with E-state index in [1.807, 2.05) is 6.07 Å². The molecule has 3 aliphatic rings. The number of rotatable bonds is 5. The van der Waals surface area contributed by atoms with Gasteiger partial charge in [-0.2, -0.15) is 0 Å². The molecule has 0 spiro atoms. The molecule has 2 saturated heterocycles. The molecular formula is C18H26N2O. The Hall–Kier alpha value is -1.35. The minimum Gasteiger partial charge on any atom is -0.324 e. The van der Waals surface area contributed by atoms with Crippen molar-refractivity contribution in [3.05, 3.63) is 29.3 Å². The van der Waals surface area contributed by atoms with Crippen LogP contribution in [0.3, 0.4) is 0 Å². The molecular weight excluding hydrogens is 260 g/mol. The summed E-state index contributed by atoms with van der Waals surface area (Å²) in [5, 5.41) is 3.22. The van der Waals surface area contributed by atoms with Crippen molar-refractivity contribution < 1.29 is 4.79 Å². The molecule has 0 atom stereocenters. The van der Waals surface area contributed by atoms with Gasteiger partial charge in [0.15, 0.2) is 0 Å². The van der Waals surface area contributed by atoms with Gasteiger partial charge in [-0.15, -0.1) is 0 Å². The molecule has 3 fully saturated rings. The van der Waals surface area contributed by atoms with Crippen LogP contribution in [0.4, 0.5) is 5.69 Å². The first-order valence-corrected chi connectivity index (χ1v) is 8.19. The number of carbonyl (C=O) groups is 1. The summed E-state index contributed by atoms with van der Waals surface area (Å²) in [6.45, 7) is 8.51. The summed E-state index contributed by atoms with van der Waals surface area (Å²) in [5.74, 6) is 0.954. The van der Waals surface area contributed by atoms with Gasteiger partial charge in [-0.05, 0) is 56.7 Å². The molecule has 2 bridgehead atoms. The van der Waals surface area contributed by atoms with Crippen molar-refractivity contribution in [3.8, 4) is 0 Å². The highest BCUT2D eigenvalue weighted by atomic mass is 16.2. The van der Waals surface area contributed by atoms with Crippen LogP contribution >= 0.6 is 0 Å². The van der Waals surface area contributed by atoms with Crippen molar-refractivity contribution in [2.24, 2.45) is 5.92 Å². The summed E-state index contributed by atoms with van der Waals surface area (Å²) in [7, 11) is 0. The number of anilines is 1. The lowest BCUT2D eigenvalue weighted by molar-refractivity contribution is -0.129. The number of aryl methyl sites for hydroxylation is 2. The lowest BCUT2D eigenvalue weighted by Gasteiger charge is -2.41. The van der Waals surface area contributed by atoms with E-state index < -0.39 is 0 Å². The SMILES string of the molecule is CCCCN1CC2CC1(C(=O)Nc1c(C)cccc1C)C2. The fourth-order valence-electron chi connectivity index (χ4n) is 3.99. The zero-order valence-electron chi connectivity index (χ0n) is 13.4. The molecule has 21 heavy (non-hydrogen) atoms. The van der Waals surface area contributed by atoms with Crippen molar-refractivity contribution in [2.45, 2.75) is 52.0 Å². The molecule has 1 aromatic rings. The predicted molar refractivity (Wildman–Crippen MR) is 86.5 cm³/mol. The standard InChI is InChI=1S/C18H26N2O/c1-4-5-9-20-12-15-10-18(20,11-15)17(21)19-16-13(2)7-6-8-14(16)3/h6-8,15H,4-5,9-12H2,1-3H3,(H,19,21). The first-order chi connectivity index (χ1) is 10.1. The predicted octanol–water partition coefficient (Wildman–Crippen LogP) is 3.51. The highest BCUT2D eigenvalue weighted by molar-refractivity contribution is 6.00. The molecule has 1 aromatic carbocycles. The highest BCUT2D eigenvalue weighted by Gasteiger charge is 2.60. The number of hydrogen-bond acceptors (Lipinski definition) is 2. The second-order valence-corrected chi connectivity index (χ2v) is 6.83. The maximum absolute atomic E-state index is 12.9. The molecule has 1 N–H and O–H groups in total. The Labute approximate surface area is 127 Å². The van der Waals surface area contributed by atoms with Gasteiger partial charge in [0.2, 0.25) is 5.91 Å². The molecule has 2 heterocycles. The number of nitrogens with one attached hydrogen (secondary N) is 1. The minimum absolute atomic E-state index is 0.213. The number of fused-ring (bicyclic) bond motifs is 1. The lowest BCUT2D eigenvalue weighted by Crippen LogP contribution is -2.55. The van der Waals surface area contributed by atoms with Crippen molar-refractivity contribution in [3.63, 3.8) is 0 Å². The van der Waals surface area contributed by atoms with Gasteiger partial charge in [-0.1, -0.05) is 31.5 Å². The molecule has 3 nitrogen and oxygen atoms in total. The van der Waals surface area contributed by atoms with E-state index in [4.69, 9.17) is 0 Å². The van der Waals surface area contributed by atoms with Gasteiger partial charge in [-0.25, -0.2) is 0 Å². The van der Waals surface area contributed by atoms with Crippen LogP contribution < -0.4 is 5.32 Å². The topological polar surface area (TPSA) is 32.3 Å². The average Bonchev–Trinajstić information content (AvgIpc) is 2.95. The number of nitrogens with zero attached hydrogens (tertiary/aromatic N) is 1. The molecule has 0 aromatic heterocycles. The van der Waals surface area contributed by atoms with Crippen molar-refractivity contribution in [1.82, 2.24) is 4.90 Å². The van der Waals surface area contributed by atoms with Crippen LogP contribution in [0.2, 0.25) is 0 Å². The molecule has 2 aliphatic heterocycles. The van der Waals surface area contributed by atoms with Crippen LogP contribution in [-0.4, -0.2) is 29.4 Å². The molecule has 1 aliphatic carbocycles.